The third kappa shape index (κ3) is 1.55. The van der Waals surface area contributed by atoms with Crippen LogP contribution in [0.15, 0.2) is 30.5 Å². The van der Waals surface area contributed by atoms with Crippen molar-refractivity contribution in [2.24, 2.45) is 0 Å². The lowest BCUT2D eigenvalue weighted by Gasteiger charge is -2.06. The maximum atomic E-state index is 12.3. The van der Waals surface area contributed by atoms with Crippen molar-refractivity contribution >= 4 is 10.8 Å². The van der Waals surface area contributed by atoms with Gasteiger partial charge in [-0.05, 0) is 23.6 Å². The molecule has 0 saturated carbocycles. The molecule has 1 nitrogen and oxygen atoms in total. The van der Waals surface area contributed by atoms with E-state index in [1.165, 1.54) is 12.3 Å². The summed E-state index contributed by atoms with van der Waals surface area (Å²) in [7, 11) is 0. The Morgan fingerprint density at radius 1 is 1.14 bits per heavy atom. The van der Waals surface area contributed by atoms with Crippen molar-refractivity contribution in [1.82, 2.24) is 4.98 Å². The predicted octanol–water partition coefficient (Wildman–Crippen LogP) is 3.05. The predicted molar refractivity (Wildman–Crippen MR) is 45.6 cm³/mol. The zero-order valence-corrected chi connectivity index (χ0v) is 6.97. The Bertz CT molecular complexity index is 462. The number of alkyl halides is 3. The highest BCUT2D eigenvalue weighted by Gasteiger charge is 2.30. The van der Waals surface area contributed by atoms with Crippen LogP contribution in [0.1, 0.15) is 5.56 Å². The number of hydrogen-bond acceptors (Lipinski definition) is 1. The molecule has 0 aliphatic rings. The Balaban J connectivity index is 2.63. The molecule has 0 N–H and O–H groups in total. The lowest BCUT2D eigenvalue weighted by Crippen LogP contribution is -2.04. The summed E-state index contributed by atoms with van der Waals surface area (Å²) >= 11 is 0. The van der Waals surface area contributed by atoms with Crippen molar-refractivity contribution in [1.29, 1.82) is 0 Å². The monoisotopic (exact) mass is 196 g/mol. The summed E-state index contributed by atoms with van der Waals surface area (Å²) in [6.45, 7) is 0. The topological polar surface area (TPSA) is 12.9 Å². The summed E-state index contributed by atoms with van der Waals surface area (Å²) in [4.78, 5) is 3.64. The van der Waals surface area contributed by atoms with Gasteiger partial charge in [-0.2, -0.15) is 13.2 Å². The van der Waals surface area contributed by atoms with Crippen LogP contribution < -0.4 is 0 Å². The lowest BCUT2D eigenvalue weighted by atomic mass is 10.1. The Morgan fingerprint density at radius 2 is 1.93 bits per heavy atom. The van der Waals surface area contributed by atoms with E-state index in [-0.39, 0.29) is 0 Å². The quantitative estimate of drug-likeness (QED) is 0.631. The minimum absolute atomic E-state index is 0.377. The molecule has 2 aromatic rings. The molecule has 4 heteroatoms. The van der Waals surface area contributed by atoms with Crippen LogP contribution in [0.25, 0.3) is 10.8 Å². The fourth-order valence-electron chi connectivity index (χ4n) is 1.20. The van der Waals surface area contributed by atoms with E-state index in [2.05, 4.69) is 11.2 Å². The molecule has 0 atom stereocenters. The maximum absolute atomic E-state index is 12.3. The van der Waals surface area contributed by atoms with E-state index in [4.69, 9.17) is 0 Å². The third-order valence-electron chi connectivity index (χ3n) is 1.89. The van der Waals surface area contributed by atoms with Crippen molar-refractivity contribution < 1.29 is 13.2 Å². The normalized spacial score (nSPS) is 11.9. The smallest absolute Gasteiger partial charge is 0.254 e. The molecule has 0 spiro atoms. The number of fused-ring (bicyclic) bond motifs is 1. The summed E-state index contributed by atoms with van der Waals surface area (Å²) in [6, 6.07) is 5.15. The van der Waals surface area contributed by atoms with E-state index < -0.39 is 11.7 Å². The first kappa shape index (κ1) is 8.99. The summed E-state index contributed by atoms with van der Waals surface area (Å²) < 4.78 is 36.8. The molecule has 1 aromatic heterocycles. The van der Waals surface area contributed by atoms with Crippen molar-refractivity contribution in [3.05, 3.63) is 42.2 Å². The zero-order valence-electron chi connectivity index (χ0n) is 6.97. The van der Waals surface area contributed by atoms with Crippen molar-refractivity contribution in [2.45, 2.75) is 6.18 Å². The molecule has 1 heterocycles. The van der Waals surface area contributed by atoms with E-state index in [9.17, 15) is 13.2 Å². The molecule has 0 aliphatic carbocycles. The Kier molecular flexibility index (Phi) is 1.91. The van der Waals surface area contributed by atoms with E-state index in [1.807, 2.05) is 0 Å². The van der Waals surface area contributed by atoms with Crippen molar-refractivity contribution in [2.75, 3.05) is 0 Å². The molecule has 71 valence electrons. The molecule has 2 rings (SSSR count). The van der Waals surface area contributed by atoms with Crippen LogP contribution >= 0.6 is 0 Å². The van der Waals surface area contributed by atoms with Crippen LogP contribution in [-0.2, 0) is 6.18 Å². The van der Waals surface area contributed by atoms with Crippen LogP contribution in [0.5, 0.6) is 0 Å². The second kappa shape index (κ2) is 2.97. The molecule has 0 unspecified atom stereocenters. The summed E-state index contributed by atoms with van der Waals surface area (Å²) in [6.07, 6.45) is -0.299. The molecular weight excluding hydrogens is 191 g/mol. The summed E-state index contributed by atoms with van der Waals surface area (Å²) in [5.74, 6) is 0. The van der Waals surface area contributed by atoms with Gasteiger partial charge in [-0.1, -0.05) is 6.07 Å². The van der Waals surface area contributed by atoms with Crippen LogP contribution in [0.4, 0.5) is 13.2 Å². The maximum Gasteiger partial charge on any atom is 0.416 e. The zero-order chi connectivity index (χ0) is 10.2. The van der Waals surface area contributed by atoms with Gasteiger partial charge < -0.3 is 0 Å². The van der Waals surface area contributed by atoms with E-state index in [1.54, 1.807) is 6.07 Å². The number of halogens is 3. The highest BCUT2D eigenvalue weighted by atomic mass is 19.4. The van der Waals surface area contributed by atoms with Crippen LogP contribution in [0.3, 0.4) is 0 Å². The van der Waals surface area contributed by atoms with Gasteiger partial charge in [0.05, 0.1) is 11.8 Å². The van der Waals surface area contributed by atoms with Gasteiger partial charge in [0.1, 0.15) is 0 Å². The molecule has 1 aromatic carbocycles. The van der Waals surface area contributed by atoms with Gasteiger partial charge in [0, 0.05) is 11.6 Å². The number of rotatable bonds is 0. The number of benzene rings is 1. The SMILES string of the molecule is FC(F)(F)c1ccc2ccn[c]c2c1. The molecule has 0 saturated heterocycles. The molecular formula is C10H5F3N. The summed E-state index contributed by atoms with van der Waals surface area (Å²) in [5, 5.41) is 1.08. The Hall–Kier alpha value is -1.58. The average Bonchev–Trinajstić information content (AvgIpc) is 2.16. The molecule has 0 amide bonds. The fourth-order valence-corrected chi connectivity index (χ4v) is 1.20. The van der Waals surface area contributed by atoms with Gasteiger partial charge in [-0.25, -0.2) is 0 Å². The summed E-state index contributed by atoms with van der Waals surface area (Å²) in [5.41, 5.74) is -0.672. The van der Waals surface area contributed by atoms with Gasteiger partial charge in [-0.3, -0.25) is 4.98 Å². The molecule has 14 heavy (non-hydrogen) atoms. The second-order valence-corrected chi connectivity index (χ2v) is 2.86. The molecule has 0 fully saturated rings. The number of hydrogen-bond donors (Lipinski definition) is 0. The van der Waals surface area contributed by atoms with Gasteiger partial charge in [0.25, 0.3) is 0 Å². The highest BCUT2D eigenvalue weighted by Crippen LogP contribution is 2.30. The van der Waals surface area contributed by atoms with Gasteiger partial charge in [0.2, 0.25) is 0 Å². The van der Waals surface area contributed by atoms with Crippen LogP contribution in [0, 0.1) is 6.20 Å². The van der Waals surface area contributed by atoms with Crippen LogP contribution in [0.2, 0.25) is 0 Å². The Morgan fingerprint density at radius 3 is 2.64 bits per heavy atom. The van der Waals surface area contributed by atoms with Gasteiger partial charge >= 0.3 is 6.18 Å². The minimum atomic E-state index is -4.31. The van der Waals surface area contributed by atoms with Crippen LogP contribution in [-0.4, -0.2) is 4.98 Å². The van der Waals surface area contributed by atoms with Gasteiger partial charge in [0.15, 0.2) is 0 Å². The first-order chi connectivity index (χ1) is 6.57. The lowest BCUT2D eigenvalue weighted by molar-refractivity contribution is -0.137. The average molecular weight is 196 g/mol. The second-order valence-electron chi connectivity index (χ2n) is 2.86. The Labute approximate surface area is 78.2 Å². The number of nitrogens with zero attached hydrogens (tertiary/aromatic N) is 1. The first-order valence-electron chi connectivity index (χ1n) is 3.91. The van der Waals surface area contributed by atoms with Crippen molar-refractivity contribution in [3.63, 3.8) is 0 Å². The third-order valence-corrected chi connectivity index (χ3v) is 1.89. The minimum Gasteiger partial charge on any atom is -0.254 e. The van der Waals surface area contributed by atoms with Gasteiger partial charge in [-0.15, -0.1) is 0 Å². The first-order valence-corrected chi connectivity index (χ1v) is 3.91. The fraction of sp³-hybridized carbons (Fsp3) is 0.100. The largest absolute Gasteiger partial charge is 0.416 e. The highest BCUT2D eigenvalue weighted by molar-refractivity contribution is 5.81. The van der Waals surface area contributed by atoms with E-state index >= 15 is 0 Å². The molecule has 0 aliphatic heterocycles. The number of pyridine rings is 1. The van der Waals surface area contributed by atoms with E-state index in [0.717, 1.165) is 12.1 Å². The molecule has 0 bridgehead atoms. The standard InChI is InChI=1S/C10H5F3N/c11-10(12,13)9-2-1-7-3-4-14-6-8(7)5-9/h1-5H. The number of aromatic nitrogens is 1. The van der Waals surface area contributed by atoms with Crippen molar-refractivity contribution in [3.8, 4) is 0 Å². The molecule has 1 radical (unpaired) electrons. The van der Waals surface area contributed by atoms with E-state index in [0.29, 0.717) is 10.8 Å².